The van der Waals surface area contributed by atoms with Gasteiger partial charge < -0.3 is 10.6 Å². The Kier molecular flexibility index (Phi) is 2.52. The van der Waals surface area contributed by atoms with Crippen LogP contribution in [0.3, 0.4) is 0 Å². The van der Waals surface area contributed by atoms with Gasteiger partial charge in [-0.05, 0) is 30.4 Å². The zero-order chi connectivity index (χ0) is 11.8. The average molecular weight is 226 g/mol. The van der Waals surface area contributed by atoms with Crippen molar-refractivity contribution in [2.45, 2.75) is 19.4 Å². The third-order valence-electron chi connectivity index (χ3n) is 3.66. The van der Waals surface area contributed by atoms with Crippen LogP contribution in [-0.4, -0.2) is 19.1 Å². The molecule has 2 heteroatoms. The summed E-state index contributed by atoms with van der Waals surface area (Å²) in [6.45, 7) is 4.24. The molecule has 2 nitrogen and oxygen atoms in total. The molecular formula is C15H18N2. The highest BCUT2D eigenvalue weighted by Crippen LogP contribution is 2.31. The van der Waals surface area contributed by atoms with Crippen LogP contribution < -0.4 is 10.6 Å². The van der Waals surface area contributed by atoms with Gasteiger partial charge in [0.05, 0.1) is 0 Å². The van der Waals surface area contributed by atoms with E-state index in [1.165, 1.54) is 22.0 Å². The van der Waals surface area contributed by atoms with Gasteiger partial charge in [-0.1, -0.05) is 30.3 Å². The monoisotopic (exact) mass is 226 g/mol. The molecule has 1 fully saturated rings. The van der Waals surface area contributed by atoms with Crippen LogP contribution in [0, 0.1) is 6.92 Å². The van der Waals surface area contributed by atoms with Gasteiger partial charge in [-0.15, -0.1) is 0 Å². The molecule has 2 aromatic rings. The van der Waals surface area contributed by atoms with Crippen molar-refractivity contribution in [3.8, 4) is 0 Å². The van der Waals surface area contributed by atoms with Crippen molar-refractivity contribution in [2.24, 2.45) is 5.73 Å². The van der Waals surface area contributed by atoms with Gasteiger partial charge in [0, 0.05) is 30.2 Å². The Morgan fingerprint density at radius 2 is 1.94 bits per heavy atom. The Morgan fingerprint density at radius 1 is 1.18 bits per heavy atom. The lowest BCUT2D eigenvalue weighted by Crippen LogP contribution is -2.26. The van der Waals surface area contributed by atoms with Crippen molar-refractivity contribution in [1.82, 2.24) is 0 Å². The first-order valence-electron chi connectivity index (χ1n) is 6.24. The minimum atomic E-state index is 0.328. The van der Waals surface area contributed by atoms with Gasteiger partial charge in [-0.2, -0.15) is 0 Å². The van der Waals surface area contributed by atoms with Gasteiger partial charge in [0.15, 0.2) is 0 Å². The minimum absolute atomic E-state index is 0.328. The first-order chi connectivity index (χ1) is 8.25. The van der Waals surface area contributed by atoms with E-state index >= 15 is 0 Å². The number of hydrogen-bond donors (Lipinski definition) is 1. The van der Waals surface area contributed by atoms with Crippen LogP contribution in [0.5, 0.6) is 0 Å². The number of rotatable bonds is 1. The summed E-state index contributed by atoms with van der Waals surface area (Å²) in [7, 11) is 0. The summed E-state index contributed by atoms with van der Waals surface area (Å²) in [5.74, 6) is 0. The second-order valence-corrected chi connectivity index (χ2v) is 4.94. The van der Waals surface area contributed by atoms with E-state index in [4.69, 9.17) is 5.73 Å². The molecule has 1 heterocycles. The minimum Gasteiger partial charge on any atom is -0.369 e. The first-order valence-corrected chi connectivity index (χ1v) is 6.24. The van der Waals surface area contributed by atoms with Crippen molar-refractivity contribution in [3.05, 3.63) is 42.0 Å². The van der Waals surface area contributed by atoms with Crippen LogP contribution in [-0.2, 0) is 0 Å². The number of anilines is 1. The molecule has 0 aromatic heterocycles. The number of aryl methyl sites for hydroxylation is 1. The van der Waals surface area contributed by atoms with Crippen LogP contribution in [0.2, 0.25) is 0 Å². The number of nitrogens with zero attached hydrogens (tertiary/aromatic N) is 1. The van der Waals surface area contributed by atoms with Crippen molar-refractivity contribution in [2.75, 3.05) is 18.0 Å². The first kappa shape index (κ1) is 10.6. The van der Waals surface area contributed by atoms with Gasteiger partial charge in [0.1, 0.15) is 0 Å². The van der Waals surface area contributed by atoms with Crippen molar-refractivity contribution < 1.29 is 0 Å². The largest absolute Gasteiger partial charge is 0.369 e. The van der Waals surface area contributed by atoms with E-state index in [0.717, 1.165) is 19.5 Å². The van der Waals surface area contributed by atoms with Gasteiger partial charge >= 0.3 is 0 Å². The molecule has 0 saturated carbocycles. The molecule has 0 radical (unpaired) electrons. The maximum atomic E-state index is 6.00. The second-order valence-electron chi connectivity index (χ2n) is 4.94. The van der Waals surface area contributed by atoms with E-state index in [1.807, 2.05) is 0 Å². The van der Waals surface area contributed by atoms with Crippen molar-refractivity contribution >= 4 is 16.5 Å². The quantitative estimate of drug-likeness (QED) is 0.810. The predicted molar refractivity (Wildman–Crippen MR) is 73.5 cm³/mol. The van der Waals surface area contributed by atoms with Crippen molar-refractivity contribution in [3.63, 3.8) is 0 Å². The van der Waals surface area contributed by atoms with Crippen LogP contribution in [0.4, 0.5) is 5.69 Å². The molecule has 1 aliphatic heterocycles. The van der Waals surface area contributed by atoms with Crippen LogP contribution in [0.15, 0.2) is 36.4 Å². The molecule has 2 N–H and O–H groups in total. The zero-order valence-electron chi connectivity index (χ0n) is 10.2. The van der Waals surface area contributed by atoms with Gasteiger partial charge in [0.2, 0.25) is 0 Å². The predicted octanol–water partition coefficient (Wildman–Crippen LogP) is 2.69. The number of benzene rings is 2. The highest BCUT2D eigenvalue weighted by Gasteiger charge is 2.20. The summed E-state index contributed by atoms with van der Waals surface area (Å²) in [5, 5.41) is 2.70. The molecule has 0 bridgehead atoms. The lowest BCUT2D eigenvalue weighted by Gasteiger charge is -2.21. The fourth-order valence-electron chi connectivity index (χ4n) is 2.78. The molecule has 1 atom stereocenters. The molecule has 88 valence electrons. The number of nitrogens with two attached hydrogens (primary N) is 1. The Hall–Kier alpha value is -1.54. The lowest BCUT2D eigenvalue weighted by atomic mass is 10.0. The third kappa shape index (κ3) is 1.79. The van der Waals surface area contributed by atoms with Crippen LogP contribution in [0.25, 0.3) is 10.8 Å². The molecule has 2 aromatic carbocycles. The summed E-state index contributed by atoms with van der Waals surface area (Å²) >= 11 is 0. The number of hydrogen-bond acceptors (Lipinski definition) is 2. The summed E-state index contributed by atoms with van der Waals surface area (Å²) < 4.78 is 0. The average Bonchev–Trinajstić information content (AvgIpc) is 2.75. The molecule has 0 aliphatic carbocycles. The normalized spacial score (nSPS) is 20.1. The van der Waals surface area contributed by atoms with Gasteiger partial charge in [-0.25, -0.2) is 0 Å². The SMILES string of the molecule is Cc1cccc2cccc(N3CC[C@@H](N)C3)c12. The summed E-state index contributed by atoms with van der Waals surface area (Å²) in [6.07, 6.45) is 1.10. The van der Waals surface area contributed by atoms with Gasteiger partial charge in [-0.3, -0.25) is 0 Å². The van der Waals surface area contributed by atoms with E-state index in [-0.39, 0.29) is 0 Å². The fraction of sp³-hybridized carbons (Fsp3) is 0.333. The molecule has 0 unspecified atom stereocenters. The van der Waals surface area contributed by atoms with E-state index in [9.17, 15) is 0 Å². The molecule has 0 spiro atoms. The highest BCUT2D eigenvalue weighted by atomic mass is 15.2. The summed E-state index contributed by atoms with van der Waals surface area (Å²) in [5.41, 5.74) is 8.69. The lowest BCUT2D eigenvalue weighted by molar-refractivity contribution is 0.752. The topological polar surface area (TPSA) is 29.3 Å². The molecule has 1 saturated heterocycles. The van der Waals surface area contributed by atoms with E-state index in [2.05, 4.69) is 48.2 Å². The van der Waals surface area contributed by atoms with Crippen LogP contribution >= 0.6 is 0 Å². The Labute approximate surface area is 102 Å². The standard InChI is InChI=1S/C15H18N2/c1-11-4-2-5-12-6-3-7-14(15(11)12)17-9-8-13(16)10-17/h2-7,13H,8-10,16H2,1H3/t13-/m1/s1. The molecule has 17 heavy (non-hydrogen) atoms. The third-order valence-corrected chi connectivity index (χ3v) is 3.66. The Bertz CT molecular complexity index is 542. The Morgan fingerprint density at radius 3 is 2.65 bits per heavy atom. The smallest absolute Gasteiger partial charge is 0.0449 e. The summed E-state index contributed by atoms with van der Waals surface area (Å²) in [4.78, 5) is 2.42. The molecule has 0 amide bonds. The number of fused-ring (bicyclic) bond motifs is 1. The van der Waals surface area contributed by atoms with Crippen LogP contribution in [0.1, 0.15) is 12.0 Å². The molecule has 1 aliphatic rings. The maximum Gasteiger partial charge on any atom is 0.0449 e. The Balaban J connectivity index is 2.16. The molecular weight excluding hydrogens is 208 g/mol. The van der Waals surface area contributed by atoms with E-state index < -0.39 is 0 Å². The van der Waals surface area contributed by atoms with E-state index in [1.54, 1.807) is 0 Å². The van der Waals surface area contributed by atoms with E-state index in [0.29, 0.717) is 6.04 Å². The summed E-state index contributed by atoms with van der Waals surface area (Å²) in [6, 6.07) is 13.4. The van der Waals surface area contributed by atoms with Crippen molar-refractivity contribution in [1.29, 1.82) is 0 Å². The van der Waals surface area contributed by atoms with Gasteiger partial charge in [0.25, 0.3) is 0 Å². The second kappa shape index (κ2) is 4.04. The zero-order valence-corrected chi connectivity index (χ0v) is 10.2. The molecule has 3 rings (SSSR count). The maximum absolute atomic E-state index is 6.00. The highest BCUT2D eigenvalue weighted by molar-refractivity contribution is 5.96. The fourth-order valence-corrected chi connectivity index (χ4v) is 2.78.